The Morgan fingerprint density at radius 2 is 1.68 bits per heavy atom. The molecule has 110 valence electrons. The molecular formula is C19H17NOS. The number of hydrogen-bond donors (Lipinski definition) is 0. The molecule has 0 aliphatic heterocycles. The molecule has 0 atom stereocenters. The molecular weight excluding hydrogens is 290 g/mol. The molecule has 0 aliphatic rings. The molecule has 0 saturated heterocycles. The molecule has 2 aromatic carbocycles. The summed E-state index contributed by atoms with van der Waals surface area (Å²) >= 11 is 1.66. The second-order valence-corrected chi connectivity index (χ2v) is 6.02. The predicted octanol–water partition coefficient (Wildman–Crippen LogP) is 5.72. The topological polar surface area (TPSA) is 26.0 Å². The van der Waals surface area contributed by atoms with Crippen LogP contribution in [0.4, 0.5) is 0 Å². The number of aromatic nitrogens is 1. The number of rotatable bonds is 4. The number of thioether (sulfide) groups is 1. The third kappa shape index (κ3) is 3.49. The Balaban J connectivity index is 1.83. The number of oxazole rings is 1. The average Bonchev–Trinajstić information content (AvgIpc) is 2.90. The van der Waals surface area contributed by atoms with Gasteiger partial charge < -0.3 is 4.42 Å². The fraction of sp³-hybridized carbons (Fsp3) is 0.105. The molecule has 0 saturated carbocycles. The minimum atomic E-state index is 0.680. The van der Waals surface area contributed by atoms with Crippen LogP contribution in [0.3, 0.4) is 0 Å². The lowest BCUT2D eigenvalue weighted by Crippen LogP contribution is -1.81. The molecule has 3 rings (SSSR count). The zero-order chi connectivity index (χ0) is 15.4. The third-order valence-corrected chi connectivity index (χ3v) is 4.07. The van der Waals surface area contributed by atoms with Crippen molar-refractivity contribution in [1.82, 2.24) is 4.98 Å². The van der Waals surface area contributed by atoms with Crippen LogP contribution in [0.25, 0.3) is 17.3 Å². The Morgan fingerprint density at radius 1 is 0.955 bits per heavy atom. The van der Waals surface area contributed by atoms with Gasteiger partial charge in [-0.05, 0) is 30.5 Å². The molecule has 2 nitrogen and oxygen atoms in total. The number of aryl methyl sites for hydroxylation is 2. The van der Waals surface area contributed by atoms with E-state index in [1.54, 1.807) is 11.8 Å². The molecule has 1 heterocycles. The van der Waals surface area contributed by atoms with Crippen molar-refractivity contribution >= 4 is 17.8 Å². The van der Waals surface area contributed by atoms with Gasteiger partial charge in [0.15, 0.2) is 11.7 Å². The van der Waals surface area contributed by atoms with Crippen molar-refractivity contribution in [2.45, 2.75) is 18.7 Å². The van der Waals surface area contributed by atoms with E-state index < -0.39 is 0 Å². The highest BCUT2D eigenvalue weighted by atomic mass is 32.2. The van der Waals surface area contributed by atoms with E-state index in [-0.39, 0.29) is 0 Å². The molecule has 0 aliphatic carbocycles. The average molecular weight is 307 g/mol. The maximum atomic E-state index is 5.73. The van der Waals surface area contributed by atoms with Crippen molar-refractivity contribution < 1.29 is 4.42 Å². The molecule has 22 heavy (non-hydrogen) atoms. The SMILES string of the molecule is Cc1ccc(-c2nc(C)oc2/C=C/Sc2ccccc2)cc1. The smallest absolute Gasteiger partial charge is 0.192 e. The van der Waals surface area contributed by atoms with Crippen molar-refractivity contribution in [2.75, 3.05) is 0 Å². The number of nitrogens with zero attached hydrogens (tertiary/aromatic N) is 1. The van der Waals surface area contributed by atoms with E-state index in [1.165, 1.54) is 10.5 Å². The van der Waals surface area contributed by atoms with Crippen molar-refractivity contribution in [3.05, 3.63) is 77.2 Å². The fourth-order valence-electron chi connectivity index (χ4n) is 2.15. The van der Waals surface area contributed by atoms with Crippen LogP contribution >= 0.6 is 11.8 Å². The van der Waals surface area contributed by atoms with Gasteiger partial charge in [0.05, 0.1) is 0 Å². The van der Waals surface area contributed by atoms with Crippen LogP contribution < -0.4 is 0 Å². The summed E-state index contributed by atoms with van der Waals surface area (Å²) in [6, 6.07) is 18.6. The molecule has 0 N–H and O–H groups in total. The van der Waals surface area contributed by atoms with Crippen LogP contribution in [0.15, 0.2) is 69.3 Å². The van der Waals surface area contributed by atoms with Crippen LogP contribution in [-0.2, 0) is 0 Å². The van der Waals surface area contributed by atoms with Gasteiger partial charge in [-0.25, -0.2) is 4.98 Å². The summed E-state index contributed by atoms with van der Waals surface area (Å²) in [5.41, 5.74) is 3.20. The lowest BCUT2D eigenvalue weighted by molar-refractivity contribution is 0.513. The normalized spacial score (nSPS) is 11.2. The van der Waals surface area contributed by atoms with Gasteiger partial charge in [-0.2, -0.15) is 0 Å². The largest absolute Gasteiger partial charge is 0.441 e. The zero-order valence-corrected chi connectivity index (χ0v) is 13.4. The van der Waals surface area contributed by atoms with Gasteiger partial charge in [-0.3, -0.25) is 0 Å². The predicted molar refractivity (Wildman–Crippen MR) is 92.7 cm³/mol. The Morgan fingerprint density at radius 3 is 2.41 bits per heavy atom. The van der Waals surface area contributed by atoms with E-state index in [1.807, 2.05) is 36.6 Å². The molecule has 0 spiro atoms. The van der Waals surface area contributed by atoms with Crippen LogP contribution in [-0.4, -0.2) is 4.98 Å². The highest BCUT2D eigenvalue weighted by molar-refractivity contribution is 8.02. The van der Waals surface area contributed by atoms with Crippen molar-refractivity contribution in [3.63, 3.8) is 0 Å². The molecule has 0 radical (unpaired) electrons. The Bertz CT molecular complexity index is 773. The van der Waals surface area contributed by atoms with Crippen molar-refractivity contribution in [1.29, 1.82) is 0 Å². The molecule has 3 heteroatoms. The first-order chi connectivity index (χ1) is 10.7. The monoisotopic (exact) mass is 307 g/mol. The van der Waals surface area contributed by atoms with Crippen molar-refractivity contribution in [3.8, 4) is 11.3 Å². The molecule has 0 fully saturated rings. The van der Waals surface area contributed by atoms with E-state index in [0.29, 0.717) is 5.89 Å². The summed E-state index contributed by atoms with van der Waals surface area (Å²) in [5.74, 6) is 1.48. The standard InChI is InChI=1S/C19H17NOS/c1-14-8-10-16(11-9-14)19-18(21-15(2)20-19)12-13-22-17-6-4-3-5-7-17/h3-13H,1-2H3/b13-12+. The first kappa shape index (κ1) is 14.7. The van der Waals surface area contributed by atoms with Crippen LogP contribution in [0.1, 0.15) is 17.2 Å². The van der Waals surface area contributed by atoms with Crippen molar-refractivity contribution in [2.24, 2.45) is 0 Å². The number of benzene rings is 2. The lowest BCUT2D eigenvalue weighted by atomic mass is 10.1. The van der Waals surface area contributed by atoms with Crippen LogP contribution in [0.5, 0.6) is 0 Å². The van der Waals surface area contributed by atoms with E-state index >= 15 is 0 Å². The zero-order valence-electron chi connectivity index (χ0n) is 12.6. The lowest BCUT2D eigenvalue weighted by Gasteiger charge is -1.99. The summed E-state index contributed by atoms with van der Waals surface area (Å²) in [4.78, 5) is 5.71. The second kappa shape index (κ2) is 6.67. The maximum absolute atomic E-state index is 5.73. The van der Waals surface area contributed by atoms with Gasteiger partial charge in [0.2, 0.25) is 0 Å². The summed E-state index contributed by atoms with van der Waals surface area (Å²) in [6.07, 6.45) is 1.98. The fourth-order valence-corrected chi connectivity index (χ4v) is 2.81. The van der Waals surface area contributed by atoms with E-state index in [9.17, 15) is 0 Å². The van der Waals surface area contributed by atoms with Gasteiger partial charge >= 0.3 is 0 Å². The van der Waals surface area contributed by atoms with Gasteiger partial charge in [0, 0.05) is 17.4 Å². The summed E-state index contributed by atoms with van der Waals surface area (Å²) < 4.78 is 5.73. The molecule has 3 aromatic rings. The summed E-state index contributed by atoms with van der Waals surface area (Å²) in [6.45, 7) is 3.95. The Labute approximate surface area is 134 Å². The highest BCUT2D eigenvalue weighted by Crippen LogP contribution is 2.27. The van der Waals surface area contributed by atoms with Crippen LogP contribution in [0, 0.1) is 13.8 Å². The molecule has 1 aromatic heterocycles. The van der Waals surface area contributed by atoms with E-state index in [4.69, 9.17) is 4.42 Å². The first-order valence-electron chi connectivity index (χ1n) is 7.15. The molecule has 0 amide bonds. The Hall–Kier alpha value is -2.26. The first-order valence-corrected chi connectivity index (χ1v) is 8.03. The third-order valence-electron chi connectivity index (χ3n) is 3.25. The maximum Gasteiger partial charge on any atom is 0.192 e. The summed E-state index contributed by atoms with van der Waals surface area (Å²) in [7, 11) is 0. The van der Waals surface area contributed by atoms with Gasteiger partial charge in [-0.15, -0.1) is 0 Å². The Kier molecular flexibility index (Phi) is 4.45. The van der Waals surface area contributed by atoms with Gasteiger partial charge in [0.1, 0.15) is 5.69 Å². The van der Waals surface area contributed by atoms with E-state index in [0.717, 1.165) is 17.0 Å². The minimum Gasteiger partial charge on any atom is -0.441 e. The van der Waals surface area contributed by atoms with Gasteiger partial charge in [0.25, 0.3) is 0 Å². The second-order valence-electron chi connectivity index (χ2n) is 5.05. The highest BCUT2D eigenvalue weighted by Gasteiger charge is 2.10. The minimum absolute atomic E-state index is 0.680. The van der Waals surface area contributed by atoms with Crippen LogP contribution in [0.2, 0.25) is 0 Å². The number of hydrogen-bond acceptors (Lipinski definition) is 3. The van der Waals surface area contributed by atoms with E-state index in [2.05, 4.69) is 48.3 Å². The molecule has 0 bridgehead atoms. The quantitative estimate of drug-likeness (QED) is 0.576. The van der Waals surface area contributed by atoms with Gasteiger partial charge in [-0.1, -0.05) is 59.8 Å². The molecule has 0 unspecified atom stereocenters. The summed E-state index contributed by atoms with van der Waals surface area (Å²) in [5, 5.41) is 2.03.